The molecule has 8 aromatic rings. The van der Waals surface area contributed by atoms with Crippen LogP contribution in [0.2, 0.25) is 0 Å². The molecule has 0 amide bonds. The highest BCUT2D eigenvalue weighted by Crippen LogP contribution is 2.40. The zero-order chi connectivity index (χ0) is 31.7. The minimum Gasteiger partial charge on any atom is -0.288 e. The van der Waals surface area contributed by atoms with E-state index in [4.69, 9.17) is 9.97 Å². The lowest BCUT2D eigenvalue weighted by atomic mass is 10.1. The number of carbonyl (C=O) groups is 2. The average Bonchev–Trinajstić information content (AvgIpc) is 3.82. The first-order valence-electron chi connectivity index (χ1n) is 13.5. The smallest absolute Gasteiger partial charge is 0.203 e. The summed E-state index contributed by atoms with van der Waals surface area (Å²) in [6, 6.07) is 20.5. The summed E-state index contributed by atoms with van der Waals surface area (Å²) in [7, 11) is 0. The second-order valence-electron chi connectivity index (χ2n) is 10.3. The molecule has 0 aliphatic rings. The zero-order valence-electron chi connectivity index (χ0n) is 22.9. The number of carbonyl (C=O) groups excluding carboxylic acids is 2. The minimum absolute atomic E-state index is 0.0493. The largest absolute Gasteiger partial charge is 0.288 e. The van der Waals surface area contributed by atoms with Crippen LogP contribution in [0.3, 0.4) is 0 Å². The SMILES string of the molecule is O=C(c1cc(F)cc(F)c1)c1ccc(-c2nc3cc4cc5sc(-c6ccc(C(=O)c7cc(F)cc(F)c7)s6)nc5cc4cc3s2)s1. The van der Waals surface area contributed by atoms with E-state index >= 15 is 0 Å². The number of hydrogen-bond acceptors (Lipinski definition) is 8. The molecule has 4 aromatic heterocycles. The van der Waals surface area contributed by atoms with Crippen molar-refractivity contribution in [3.63, 3.8) is 0 Å². The number of fused-ring (bicyclic) bond motifs is 3. The van der Waals surface area contributed by atoms with Crippen LogP contribution in [0.15, 0.2) is 84.9 Å². The van der Waals surface area contributed by atoms with Crippen molar-refractivity contribution in [2.24, 2.45) is 0 Å². The number of thiazole rings is 2. The molecule has 0 saturated heterocycles. The molecule has 0 aliphatic heterocycles. The maximum atomic E-state index is 13.7. The molecule has 4 heterocycles. The van der Waals surface area contributed by atoms with E-state index in [0.717, 1.165) is 87.4 Å². The van der Waals surface area contributed by atoms with Gasteiger partial charge in [0, 0.05) is 23.3 Å². The molecule has 0 N–H and O–H groups in total. The van der Waals surface area contributed by atoms with Gasteiger partial charge in [0.2, 0.25) is 11.6 Å². The second kappa shape index (κ2) is 11.0. The fraction of sp³-hybridized carbons (Fsp3) is 0. The third kappa shape index (κ3) is 5.22. The van der Waals surface area contributed by atoms with Crippen molar-refractivity contribution in [1.82, 2.24) is 9.97 Å². The number of ketones is 2. The van der Waals surface area contributed by atoms with Gasteiger partial charge in [0.25, 0.3) is 0 Å². The number of benzene rings is 4. The molecule has 0 spiro atoms. The maximum Gasteiger partial charge on any atom is 0.203 e. The second-order valence-corrected chi connectivity index (χ2v) is 14.6. The summed E-state index contributed by atoms with van der Waals surface area (Å²) in [5.74, 6) is -4.14. The summed E-state index contributed by atoms with van der Waals surface area (Å²) in [5.41, 5.74) is 1.49. The van der Waals surface area contributed by atoms with Gasteiger partial charge in [-0.2, -0.15) is 0 Å². The van der Waals surface area contributed by atoms with Gasteiger partial charge < -0.3 is 0 Å². The predicted octanol–water partition coefficient (Wildman–Crippen LogP) is 10.5. The zero-order valence-corrected chi connectivity index (χ0v) is 26.2. The van der Waals surface area contributed by atoms with Crippen molar-refractivity contribution >= 4 is 88.1 Å². The summed E-state index contributed by atoms with van der Waals surface area (Å²) in [5, 5.41) is 3.40. The van der Waals surface area contributed by atoms with Gasteiger partial charge in [-0.15, -0.1) is 45.3 Å². The van der Waals surface area contributed by atoms with Crippen molar-refractivity contribution < 1.29 is 27.2 Å². The van der Waals surface area contributed by atoms with Gasteiger partial charge in [-0.3, -0.25) is 9.59 Å². The van der Waals surface area contributed by atoms with Crippen LogP contribution in [0.1, 0.15) is 30.5 Å². The van der Waals surface area contributed by atoms with Crippen molar-refractivity contribution in [2.45, 2.75) is 0 Å². The first-order valence-corrected chi connectivity index (χ1v) is 16.8. The van der Waals surface area contributed by atoms with E-state index in [-0.39, 0.29) is 11.1 Å². The number of halogens is 4. The Kier molecular flexibility index (Phi) is 6.91. The number of rotatable bonds is 6. The highest BCUT2D eigenvalue weighted by atomic mass is 32.1. The van der Waals surface area contributed by atoms with Crippen molar-refractivity contribution in [2.75, 3.05) is 0 Å². The van der Waals surface area contributed by atoms with E-state index in [0.29, 0.717) is 9.75 Å². The maximum absolute atomic E-state index is 13.7. The number of aromatic nitrogens is 2. The molecule has 4 aromatic carbocycles. The van der Waals surface area contributed by atoms with E-state index in [1.807, 2.05) is 24.3 Å². The van der Waals surface area contributed by atoms with Crippen LogP contribution < -0.4 is 0 Å². The quantitative estimate of drug-likeness (QED) is 0.129. The van der Waals surface area contributed by atoms with Crippen LogP contribution >= 0.6 is 45.3 Å². The lowest BCUT2D eigenvalue weighted by Gasteiger charge is -1.99. The Morgan fingerprint density at radius 3 is 1.26 bits per heavy atom. The topological polar surface area (TPSA) is 59.9 Å². The molecule has 0 saturated carbocycles. The standard InChI is InChI=1S/C34H14F4N2O2S4/c35-19-5-17(6-20(36)13-19)31(41)25-1-3-27(43-25)33-39-23-9-15-12-30-24(10-16(15)11-29(23)45-33)40-34(46-30)28-4-2-26(44-28)32(42)18-7-21(37)14-22(38)8-18/h1-14H. The van der Waals surface area contributed by atoms with Crippen molar-refractivity contribution in [3.05, 3.63) is 129 Å². The first kappa shape index (κ1) is 28.8. The molecular weight excluding hydrogens is 673 g/mol. The molecule has 0 radical (unpaired) electrons. The normalized spacial score (nSPS) is 11.7. The third-order valence-electron chi connectivity index (χ3n) is 7.18. The summed E-state index contributed by atoms with van der Waals surface area (Å²) in [6.45, 7) is 0. The summed E-state index contributed by atoms with van der Waals surface area (Å²) >= 11 is 5.39. The number of nitrogens with zero attached hydrogens (tertiary/aromatic N) is 2. The van der Waals surface area contributed by atoms with Crippen LogP contribution in [-0.2, 0) is 0 Å². The Balaban J connectivity index is 1.08. The highest BCUT2D eigenvalue weighted by molar-refractivity contribution is 7.27. The van der Waals surface area contributed by atoms with Gasteiger partial charge in [-0.25, -0.2) is 27.5 Å². The molecule has 0 aliphatic carbocycles. The predicted molar refractivity (Wildman–Crippen MR) is 177 cm³/mol. The number of thiophene rings is 2. The van der Waals surface area contributed by atoms with Gasteiger partial charge in [-0.1, -0.05) is 0 Å². The molecule has 46 heavy (non-hydrogen) atoms. The van der Waals surface area contributed by atoms with Crippen LogP contribution in [0, 0.1) is 23.3 Å². The molecule has 8 rings (SSSR count). The Hall–Kier alpha value is -4.62. The molecule has 0 unspecified atom stereocenters. The average molecular weight is 687 g/mol. The van der Waals surface area contributed by atoms with Gasteiger partial charge in [0.15, 0.2) is 0 Å². The van der Waals surface area contributed by atoms with Crippen LogP contribution in [-0.4, -0.2) is 21.5 Å². The Morgan fingerprint density at radius 1 is 0.478 bits per heavy atom. The van der Waals surface area contributed by atoms with Crippen molar-refractivity contribution in [1.29, 1.82) is 0 Å². The summed E-state index contributed by atoms with van der Waals surface area (Å²) in [4.78, 5) is 37.6. The summed E-state index contributed by atoms with van der Waals surface area (Å²) < 4.78 is 56.5. The van der Waals surface area contributed by atoms with Crippen LogP contribution in [0.4, 0.5) is 17.6 Å². The van der Waals surface area contributed by atoms with E-state index in [2.05, 4.69) is 0 Å². The first-order chi connectivity index (χ1) is 22.2. The number of hydrogen-bond donors (Lipinski definition) is 0. The van der Waals surface area contributed by atoms with Gasteiger partial charge in [0.1, 0.15) is 33.3 Å². The lowest BCUT2D eigenvalue weighted by molar-refractivity contribution is 0.103. The Labute approximate surface area is 272 Å². The van der Waals surface area contributed by atoms with Crippen LogP contribution in [0.5, 0.6) is 0 Å². The van der Waals surface area contributed by atoms with Gasteiger partial charge >= 0.3 is 0 Å². The lowest BCUT2D eigenvalue weighted by Crippen LogP contribution is -2.00. The molecule has 4 nitrogen and oxygen atoms in total. The van der Waals surface area contributed by atoms with Gasteiger partial charge in [0.05, 0.1) is 39.9 Å². The molecule has 0 bridgehead atoms. The Morgan fingerprint density at radius 2 is 0.870 bits per heavy atom. The molecular formula is C34H14F4N2O2S4. The van der Waals surface area contributed by atoms with Gasteiger partial charge in [-0.05, 0) is 83.6 Å². The molecule has 0 atom stereocenters. The summed E-state index contributed by atoms with van der Waals surface area (Å²) in [6.07, 6.45) is 0. The fourth-order valence-corrected chi connectivity index (χ4v) is 9.15. The highest BCUT2D eigenvalue weighted by Gasteiger charge is 2.19. The van der Waals surface area contributed by atoms with Crippen molar-refractivity contribution in [3.8, 4) is 19.8 Å². The van der Waals surface area contributed by atoms with Crippen LogP contribution in [0.25, 0.3) is 51.0 Å². The van der Waals surface area contributed by atoms with E-state index in [9.17, 15) is 27.2 Å². The minimum atomic E-state index is -0.807. The molecule has 12 heteroatoms. The molecule has 224 valence electrons. The third-order valence-corrected chi connectivity index (χ3v) is 11.7. The van der Waals surface area contributed by atoms with E-state index in [1.54, 1.807) is 24.3 Å². The monoisotopic (exact) mass is 686 g/mol. The van der Waals surface area contributed by atoms with E-state index < -0.39 is 34.8 Å². The van der Waals surface area contributed by atoms with E-state index in [1.165, 1.54) is 45.3 Å². The fourth-order valence-electron chi connectivity index (χ4n) is 5.11. The molecule has 0 fully saturated rings. The Bertz CT molecular complexity index is 2260.